The van der Waals surface area contributed by atoms with Gasteiger partial charge in [0.05, 0.1) is 23.0 Å². The zero-order chi connectivity index (χ0) is 22.9. The van der Waals surface area contributed by atoms with Gasteiger partial charge in [-0.15, -0.1) is 0 Å². The molecule has 10 heteroatoms. The minimum Gasteiger partial charge on any atom is -0.360 e. The molecule has 0 saturated heterocycles. The van der Waals surface area contributed by atoms with E-state index in [2.05, 4.69) is 46.6 Å². The Morgan fingerprint density at radius 3 is 2.85 bits per heavy atom. The van der Waals surface area contributed by atoms with Gasteiger partial charge < -0.3 is 26.5 Å². The fraction of sp³-hybridized carbons (Fsp3) is 0. The van der Waals surface area contributed by atoms with Crippen molar-refractivity contribution in [1.29, 1.82) is 0 Å². The molecule has 3 aromatic heterocycles. The number of benzene rings is 2. The van der Waals surface area contributed by atoms with Crippen molar-refractivity contribution in [3.05, 3.63) is 90.8 Å². The summed E-state index contributed by atoms with van der Waals surface area (Å²) in [6.45, 7) is 0. The molecular weight excluding hydrogens is 430 g/mol. The summed E-state index contributed by atoms with van der Waals surface area (Å²) in [6, 6.07) is 13.5. The molecule has 166 valence electrons. The fourth-order valence-corrected chi connectivity index (χ4v) is 3.81. The smallest absolute Gasteiger partial charge is 0.257 e. The monoisotopic (exact) mass is 449 g/mol. The van der Waals surface area contributed by atoms with Crippen LogP contribution in [0.3, 0.4) is 0 Å². The first-order chi connectivity index (χ1) is 16.7. The van der Waals surface area contributed by atoms with E-state index < -0.39 is 0 Å². The van der Waals surface area contributed by atoms with Gasteiger partial charge in [-0.05, 0) is 48.5 Å². The van der Waals surface area contributed by atoms with Crippen molar-refractivity contribution in [3.8, 4) is 11.4 Å². The van der Waals surface area contributed by atoms with Crippen LogP contribution in [-0.2, 0) is 0 Å². The van der Waals surface area contributed by atoms with Crippen LogP contribution in [0.4, 0.5) is 11.5 Å². The molecule has 2 aromatic carbocycles. The summed E-state index contributed by atoms with van der Waals surface area (Å²) in [6.07, 6.45) is 10.3. The van der Waals surface area contributed by atoms with Crippen LogP contribution in [0.15, 0.2) is 85.2 Å². The summed E-state index contributed by atoms with van der Waals surface area (Å²) < 4.78 is 0. The maximum Gasteiger partial charge on any atom is 0.257 e. The number of allylic oxidation sites excluding steroid dienone is 1. The topological polar surface area (TPSA) is 135 Å². The zero-order valence-electron chi connectivity index (χ0n) is 17.8. The van der Waals surface area contributed by atoms with Gasteiger partial charge in [0.15, 0.2) is 5.82 Å². The van der Waals surface area contributed by atoms with Crippen molar-refractivity contribution in [2.45, 2.75) is 0 Å². The third-order valence-electron chi connectivity index (χ3n) is 5.47. The van der Waals surface area contributed by atoms with E-state index in [9.17, 15) is 4.79 Å². The van der Waals surface area contributed by atoms with Crippen LogP contribution in [0.1, 0.15) is 10.4 Å². The molecule has 1 aliphatic heterocycles. The van der Waals surface area contributed by atoms with E-state index in [1.165, 1.54) is 0 Å². The largest absolute Gasteiger partial charge is 0.360 e. The van der Waals surface area contributed by atoms with E-state index in [1.54, 1.807) is 37.1 Å². The second-order valence-corrected chi connectivity index (χ2v) is 7.70. The first kappa shape index (κ1) is 19.6. The number of hydrogen-bond donors (Lipinski definition) is 6. The number of nitrogens with one attached hydrogen (secondary N) is 6. The number of amides is 1. The molecule has 0 saturated carbocycles. The molecule has 10 nitrogen and oxygen atoms in total. The van der Waals surface area contributed by atoms with Crippen molar-refractivity contribution in [1.82, 2.24) is 41.3 Å². The van der Waals surface area contributed by atoms with Crippen molar-refractivity contribution < 1.29 is 4.79 Å². The molecule has 0 bridgehead atoms. The highest BCUT2D eigenvalue weighted by molar-refractivity contribution is 6.08. The highest BCUT2D eigenvalue weighted by Gasteiger charge is 2.15. The Hall–Kier alpha value is -5.12. The Morgan fingerprint density at radius 1 is 1.00 bits per heavy atom. The molecule has 0 radical (unpaired) electrons. The van der Waals surface area contributed by atoms with E-state index in [-0.39, 0.29) is 5.91 Å². The molecule has 0 atom stereocenters. The number of fused-ring (bicyclic) bond motifs is 2. The van der Waals surface area contributed by atoms with Gasteiger partial charge in [-0.3, -0.25) is 9.89 Å². The van der Waals surface area contributed by atoms with Gasteiger partial charge in [-0.2, -0.15) is 5.10 Å². The van der Waals surface area contributed by atoms with Gasteiger partial charge in [-0.1, -0.05) is 0 Å². The molecule has 0 aliphatic carbocycles. The molecule has 6 N–H and O–H groups in total. The lowest BCUT2D eigenvalue weighted by Gasteiger charge is -2.11. The Kier molecular flexibility index (Phi) is 4.66. The first-order valence-corrected chi connectivity index (χ1v) is 10.6. The molecule has 0 spiro atoms. The van der Waals surface area contributed by atoms with Crippen LogP contribution in [0.5, 0.6) is 0 Å². The molecule has 4 heterocycles. The lowest BCUT2D eigenvalue weighted by atomic mass is 10.1. The molecule has 34 heavy (non-hydrogen) atoms. The van der Waals surface area contributed by atoms with E-state index >= 15 is 0 Å². The highest BCUT2D eigenvalue weighted by Crippen LogP contribution is 2.26. The van der Waals surface area contributed by atoms with Gasteiger partial charge in [0, 0.05) is 52.3 Å². The van der Waals surface area contributed by atoms with Gasteiger partial charge in [0.25, 0.3) is 5.91 Å². The summed E-state index contributed by atoms with van der Waals surface area (Å²) in [4.78, 5) is 25.1. The minimum atomic E-state index is -0.214. The number of H-pyrrole nitrogens is 2. The van der Waals surface area contributed by atoms with Crippen molar-refractivity contribution >= 4 is 39.2 Å². The maximum absolute atomic E-state index is 12.9. The lowest BCUT2D eigenvalue weighted by Crippen LogP contribution is -2.30. The molecule has 0 unspecified atom stereocenters. The van der Waals surface area contributed by atoms with Crippen LogP contribution in [0.25, 0.3) is 33.2 Å². The Balaban J connectivity index is 1.29. The van der Waals surface area contributed by atoms with Gasteiger partial charge in [0.2, 0.25) is 0 Å². The predicted octanol–water partition coefficient (Wildman–Crippen LogP) is 3.44. The van der Waals surface area contributed by atoms with Crippen LogP contribution in [-0.4, -0.2) is 31.1 Å². The number of hydrogen-bond acceptors (Lipinski definition) is 7. The Bertz CT molecular complexity index is 1590. The third-order valence-corrected chi connectivity index (χ3v) is 5.47. The maximum atomic E-state index is 12.9. The number of aromatic amines is 2. The average Bonchev–Trinajstić information content (AvgIpc) is 3.51. The van der Waals surface area contributed by atoms with E-state index in [0.29, 0.717) is 22.9 Å². The van der Waals surface area contributed by atoms with Gasteiger partial charge in [0.1, 0.15) is 5.82 Å². The average molecular weight is 449 g/mol. The summed E-state index contributed by atoms with van der Waals surface area (Å²) in [5, 5.41) is 15.0. The third kappa shape index (κ3) is 3.69. The summed E-state index contributed by atoms with van der Waals surface area (Å²) >= 11 is 0. The zero-order valence-corrected chi connectivity index (χ0v) is 17.8. The normalized spacial score (nSPS) is 12.8. The summed E-state index contributed by atoms with van der Waals surface area (Å²) in [7, 11) is 0. The minimum absolute atomic E-state index is 0.214. The molecule has 6 rings (SSSR count). The van der Waals surface area contributed by atoms with Crippen LogP contribution >= 0.6 is 0 Å². The van der Waals surface area contributed by atoms with Crippen molar-refractivity contribution in [2.75, 3.05) is 5.32 Å². The quantitative estimate of drug-likeness (QED) is 0.242. The second-order valence-electron chi connectivity index (χ2n) is 7.70. The number of hydrazine groups is 1. The van der Waals surface area contributed by atoms with Gasteiger partial charge in [-0.25, -0.2) is 9.97 Å². The van der Waals surface area contributed by atoms with E-state index in [4.69, 9.17) is 0 Å². The predicted molar refractivity (Wildman–Crippen MR) is 130 cm³/mol. The highest BCUT2D eigenvalue weighted by atomic mass is 16.1. The fourth-order valence-electron chi connectivity index (χ4n) is 3.81. The molecular formula is C24H19N9O. The van der Waals surface area contributed by atoms with E-state index in [0.717, 1.165) is 33.1 Å². The Morgan fingerprint density at radius 2 is 1.94 bits per heavy atom. The Labute approximate surface area is 193 Å². The van der Waals surface area contributed by atoms with Crippen LogP contribution < -0.4 is 21.5 Å². The number of carbonyl (C=O) groups is 1. The summed E-state index contributed by atoms with van der Waals surface area (Å²) in [5.41, 5.74) is 10.4. The number of nitrogens with zero attached hydrogens (tertiary/aromatic N) is 3. The number of aromatic nitrogens is 5. The molecule has 5 aromatic rings. The second kappa shape index (κ2) is 8.10. The number of anilines is 2. The number of carbonyl (C=O) groups excluding carboxylic acids is 1. The first-order valence-electron chi connectivity index (χ1n) is 10.6. The lowest BCUT2D eigenvalue weighted by molar-refractivity contribution is 0.0968. The van der Waals surface area contributed by atoms with E-state index in [1.807, 2.05) is 42.5 Å². The molecule has 1 amide bonds. The summed E-state index contributed by atoms with van der Waals surface area (Å²) in [5.74, 6) is 1.00. The van der Waals surface area contributed by atoms with Crippen molar-refractivity contribution in [2.24, 2.45) is 0 Å². The SMILES string of the molecule is O=C(NC1=CNNC=C1)c1c[nH]c2ccc(-c3nccc(Nc4ccc5[nH]ncc5c4)n3)cc12. The van der Waals surface area contributed by atoms with Crippen LogP contribution in [0.2, 0.25) is 0 Å². The molecule has 1 aliphatic rings. The van der Waals surface area contributed by atoms with Crippen molar-refractivity contribution in [3.63, 3.8) is 0 Å². The molecule has 0 fully saturated rings. The standard InChI is InChI=1S/C24H19N9O/c34-24(31-17-5-8-27-28-12-17)19-13-26-21-3-1-14(10-18(19)21)23-25-7-6-22(32-23)30-16-2-4-20-15(9-16)11-29-33-20/h1-13,26-28H,(H,29,33)(H,31,34)(H,25,30,32). The number of rotatable bonds is 5. The van der Waals surface area contributed by atoms with Gasteiger partial charge >= 0.3 is 0 Å². The van der Waals surface area contributed by atoms with Crippen LogP contribution in [0, 0.1) is 0 Å².